The first-order valence-electron chi connectivity index (χ1n) is 10.1. The van der Waals surface area contributed by atoms with Gasteiger partial charge in [-0.15, -0.1) is 11.3 Å². The standard InChI is InChI=1S/C25H24N2O5S/c1-4-15-31-21-12-9-19(10-13-21)11-14-24(29)32-16-20-17-33-25(26-20)27(18(2)28)22-7-5-6-8-23(22)30-3/h4-14,17H,1,15-16H2,2-3H3/b14-11+. The number of thiazole rings is 1. The van der Waals surface area contributed by atoms with E-state index in [1.807, 2.05) is 36.4 Å². The van der Waals surface area contributed by atoms with Gasteiger partial charge in [-0.2, -0.15) is 0 Å². The van der Waals surface area contributed by atoms with Gasteiger partial charge >= 0.3 is 5.97 Å². The average Bonchev–Trinajstić information content (AvgIpc) is 3.29. The molecule has 1 aromatic heterocycles. The Balaban J connectivity index is 1.60. The fourth-order valence-electron chi connectivity index (χ4n) is 2.87. The third-order valence-electron chi connectivity index (χ3n) is 4.39. The lowest BCUT2D eigenvalue weighted by molar-refractivity contribution is -0.139. The predicted octanol–water partition coefficient (Wildman–Crippen LogP) is 5.16. The first-order valence-corrected chi connectivity index (χ1v) is 11.0. The molecule has 0 bridgehead atoms. The van der Waals surface area contributed by atoms with Crippen molar-refractivity contribution in [3.63, 3.8) is 0 Å². The normalized spacial score (nSPS) is 10.6. The van der Waals surface area contributed by atoms with Crippen molar-refractivity contribution in [1.29, 1.82) is 0 Å². The number of hydrogen-bond acceptors (Lipinski definition) is 7. The zero-order chi connectivity index (χ0) is 23.6. The molecule has 0 atom stereocenters. The van der Waals surface area contributed by atoms with Gasteiger partial charge in [0, 0.05) is 18.4 Å². The molecule has 0 spiro atoms. The summed E-state index contributed by atoms with van der Waals surface area (Å²) in [6.07, 6.45) is 4.68. The first kappa shape index (κ1) is 23.7. The van der Waals surface area contributed by atoms with Gasteiger partial charge in [-0.1, -0.05) is 36.9 Å². The fourth-order valence-corrected chi connectivity index (χ4v) is 3.74. The van der Waals surface area contributed by atoms with E-state index >= 15 is 0 Å². The summed E-state index contributed by atoms with van der Waals surface area (Å²) < 4.78 is 16.1. The molecular formula is C25H24N2O5S. The van der Waals surface area contributed by atoms with E-state index in [0.717, 1.165) is 11.3 Å². The molecule has 33 heavy (non-hydrogen) atoms. The van der Waals surface area contributed by atoms with E-state index in [1.165, 1.54) is 29.2 Å². The molecule has 0 saturated carbocycles. The summed E-state index contributed by atoms with van der Waals surface area (Å²) in [6.45, 7) is 5.49. The summed E-state index contributed by atoms with van der Waals surface area (Å²) in [5, 5.41) is 2.21. The molecule has 0 saturated heterocycles. The van der Waals surface area contributed by atoms with Crippen molar-refractivity contribution >= 4 is 40.1 Å². The molecule has 0 fully saturated rings. The van der Waals surface area contributed by atoms with Crippen LogP contribution in [-0.4, -0.2) is 30.6 Å². The molecule has 8 heteroatoms. The van der Waals surface area contributed by atoms with Crippen molar-refractivity contribution in [3.8, 4) is 11.5 Å². The molecule has 2 aromatic carbocycles. The highest BCUT2D eigenvalue weighted by molar-refractivity contribution is 7.14. The van der Waals surface area contributed by atoms with E-state index in [-0.39, 0.29) is 12.5 Å². The van der Waals surface area contributed by atoms with E-state index in [2.05, 4.69) is 11.6 Å². The number of ether oxygens (including phenoxy) is 3. The molecule has 0 aliphatic rings. The van der Waals surface area contributed by atoms with Crippen molar-refractivity contribution < 1.29 is 23.8 Å². The number of rotatable bonds is 10. The number of carbonyl (C=O) groups is 2. The molecule has 0 aliphatic heterocycles. The van der Waals surface area contributed by atoms with E-state index in [1.54, 1.807) is 36.8 Å². The quantitative estimate of drug-likeness (QED) is 0.234. The Morgan fingerprint density at radius 3 is 2.61 bits per heavy atom. The Morgan fingerprint density at radius 1 is 1.15 bits per heavy atom. The van der Waals surface area contributed by atoms with Crippen LogP contribution in [0.25, 0.3) is 6.08 Å². The van der Waals surface area contributed by atoms with Gasteiger partial charge in [-0.05, 0) is 35.9 Å². The lowest BCUT2D eigenvalue weighted by Crippen LogP contribution is -2.23. The Kier molecular flexibility index (Phi) is 8.37. The molecule has 170 valence electrons. The van der Waals surface area contributed by atoms with Gasteiger partial charge in [0.25, 0.3) is 0 Å². The number of esters is 1. The summed E-state index contributed by atoms with van der Waals surface area (Å²) in [5.74, 6) is 0.578. The van der Waals surface area contributed by atoms with Gasteiger partial charge in [0.1, 0.15) is 24.7 Å². The number of aromatic nitrogens is 1. The number of methoxy groups -OCH3 is 1. The van der Waals surface area contributed by atoms with Crippen molar-refractivity contribution in [2.24, 2.45) is 0 Å². The van der Waals surface area contributed by atoms with Gasteiger partial charge < -0.3 is 14.2 Å². The largest absolute Gasteiger partial charge is 0.495 e. The molecule has 0 radical (unpaired) electrons. The van der Waals surface area contributed by atoms with Crippen molar-refractivity contribution in [3.05, 3.63) is 83.9 Å². The smallest absolute Gasteiger partial charge is 0.331 e. The monoisotopic (exact) mass is 464 g/mol. The molecule has 7 nitrogen and oxygen atoms in total. The minimum atomic E-state index is -0.496. The summed E-state index contributed by atoms with van der Waals surface area (Å²) in [4.78, 5) is 30.3. The number of anilines is 2. The lowest BCUT2D eigenvalue weighted by atomic mass is 10.2. The topological polar surface area (TPSA) is 78.0 Å². The van der Waals surface area contributed by atoms with E-state index in [4.69, 9.17) is 14.2 Å². The van der Waals surface area contributed by atoms with E-state index in [9.17, 15) is 9.59 Å². The second kappa shape index (κ2) is 11.6. The zero-order valence-corrected chi connectivity index (χ0v) is 19.2. The Morgan fingerprint density at radius 2 is 1.91 bits per heavy atom. The van der Waals surface area contributed by atoms with Crippen LogP contribution < -0.4 is 14.4 Å². The van der Waals surface area contributed by atoms with Crippen molar-refractivity contribution in [2.75, 3.05) is 18.6 Å². The molecule has 0 aliphatic carbocycles. The average molecular weight is 465 g/mol. The SMILES string of the molecule is C=CCOc1ccc(/C=C/C(=O)OCc2csc(N(C(C)=O)c3ccccc3OC)n2)cc1. The van der Waals surface area contributed by atoms with Crippen molar-refractivity contribution in [1.82, 2.24) is 4.98 Å². The molecular weight excluding hydrogens is 440 g/mol. The van der Waals surface area contributed by atoms with Gasteiger partial charge in [-0.25, -0.2) is 9.78 Å². The maximum atomic E-state index is 12.3. The summed E-state index contributed by atoms with van der Waals surface area (Å²) in [5.41, 5.74) is 1.97. The van der Waals surface area contributed by atoms with Gasteiger partial charge in [0.2, 0.25) is 5.91 Å². The second-order valence-corrected chi connectivity index (χ2v) is 7.59. The third-order valence-corrected chi connectivity index (χ3v) is 5.27. The van der Waals surface area contributed by atoms with Crippen LogP contribution in [0.1, 0.15) is 18.2 Å². The summed E-state index contributed by atoms with van der Waals surface area (Å²) in [7, 11) is 1.54. The maximum absolute atomic E-state index is 12.3. The van der Waals surface area contributed by atoms with Gasteiger partial charge in [-0.3, -0.25) is 9.69 Å². The van der Waals surface area contributed by atoms with Crippen LogP contribution in [0, 0.1) is 0 Å². The number of hydrogen-bond donors (Lipinski definition) is 0. The lowest BCUT2D eigenvalue weighted by Gasteiger charge is -2.20. The minimum Gasteiger partial charge on any atom is -0.495 e. The van der Waals surface area contributed by atoms with E-state index < -0.39 is 5.97 Å². The predicted molar refractivity (Wildman–Crippen MR) is 129 cm³/mol. The molecule has 3 rings (SSSR count). The van der Waals surface area contributed by atoms with Crippen LogP contribution in [0.5, 0.6) is 11.5 Å². The van der Waals surface area contributed by atoms with Crippen LogP contribution in [0.4, 0.5) is 10.8 Å². The van der Waals surface area contributed by atoms with Gasteiger partial charge in [0.15, 0.2) is 5.13 Å². The van der Waals surface area contributed by atoms with Crippen LogP contribution in [0.3, 0.4) is 0 Å². The Hall–Kier alpha value is -3.91. The molecule has 0 unspecified atom stereocenters. The minimum absolute atomic E-state index is 0.00826. The third kappa shape index (κ3) is 6.54. The number of para-hydroxylation sites is 2. The van der Waals surface area contributed by atoms with Gasteiger partial charge in [0.05, 0.1) is 18.5 Å². The maximum Gasteiger partial charge on any atom is 0.331 e. The highest BCUT2D eigenvalue weighted by atomic mass is 32.1. The summed E-state index contributed by atoms with van der Waals surface area (Å²) in [6, 6.07) is 14.5. The number of nitrogens with zero attached hydrogens (tertiary/aromatic N) is 2. The zero-order valence-electron chi connectivity index (χ0n) is 18.4. The second-order valence-electron chi connectivity index (χ2n) is 6.76. The van der Waals surface area contributed by atoms with Crippen LogP contribution in [0.2, 0.25) is 0 Å². The Labute approximate surface area is 196 Å². The fraction of sp³-hybridized carbons (Fsp3) is 0.160. The number of carbonyl (C=O) groups excluding carboxylic acids is 2. The highest BCUT2D eigenvalue weighted by Crippen LogP contribution is 2.35. The summed E-state index contributed by atoms with van der Waals surface area (Å²) >= 11 is 1.28. The van der Waals surface area contributed by atoms with Crippen LogP contribution in [0.15, 0.2) is 72.6 Å². The van der Waals surface area contributed by atoms with E-state index in [0.29, 0.717) is 28.9 Å². The first-order chi connectivity index (χ1) is 16.0. The van der Waals surface area contributed by atoms with Crippen LogP contribution in [-0.2, 0) is 20.9 Å². The number of benzene rings is 2. The van der Waals surface area contributed by atoms with Crippen LogP contribution >= 0.6 is 11.3 Å². The molecule has 3 aromatic rings. The van der Waals surface area contributed by atoms with Crippen molar-refractivity contribution in [2.45, 2.75) is 13.5 Å². The Bertz CT molecular complexity index is 1140. The molecule has 1 heterocycles. The highest BCUT2D eigenvalue weighted by Gasteiger charge is 2.21. The molecule has 0 N–H and O–H groups in total. The number of amides is 1. The molecule has 1 amide bonds.